The van der Waals surface area contributed by atoms with Crippen molar-refractivity contribution in [3.63, 3.8) is 0 Å². The Hall–Kier alpha value is -3.20. The van der Waals surface area contributed by atoms with E-state index in [4.69, 9.17) is 28.2 Å². The Bertz CT molecular complexity index is 840. The van der Waals surface area contributed by atoms with Crippen molar-refractivity contribution in [2.24, 2.45) is 0 Å². The first-order valence-electron chi connectivity index (χ1n) is 7.84. The number of aliphatic carboxylic acids is 2. The van der Waals surface area contributed by atoms with Crippen LogP contribution in [0.25, 0.3) is 11.1 Å². The maximum absolute atomic E-state index is 10.1. The van der Waals surface area contributed by atoms with Crippen molar-refractivity contribution in [3.8, 4) is 11.1 Å². The van der Waals surface area contributed by atoms with Gasteiger partial charge in [-0.05, 0) is 24.1 Å². The fraction of sp³-hybridized carbons (Fsp3) is 0.235. The van der Waals surface area contributed by atoms with Gasteiger partial charge in [0.05, 0.1) is 12.0 Å². The van der Waals surface area contributed by atoms with Crippen molar-refractivity contribution < 1.29 is 29.6 Å². The van der Waals surface area contributed by atoms with Crippen LogP contribution in [0, 0.1) is 0 Å². The molecule has 0 saturated carbocycles. The zero-order valence-electron chi connectivity index (χ0n) is 14.5. The Morgan fingerprint density at radius 1 is 1.19 bits per heavy atom. The molecule has 1 aromatic heterocycles. The first kappa shape index (κ1) is 21.8. The molecule has 0 fully saturated rings. The summed E-state index contributed by atoms with van der Waals surface area (Å²) in [4.78, 5) is 36.6. The predicted octanol–water partition coefficient (Wildman–Crippen LogP) is 0.113. The summed E-state index contributed by atoms with van der Waals surface area (Å²) in [6.45, 7) is 2.01. The van der Waals surface area contributed by atoms with E-state index in [-0.39, 0.29) is 0 Å². The van der Waals surface area contributed by atoms with Crippen molar-refractivity contribution in [2.45, 2.75) is 26.2 Å². The van der Waals surface area contributed by atoms with E-state index in [1.165, 1.54) is 0 Å². The van der Waals surface area contributed by atoms with Crippen LogP contribution in [0.1, 0.15) is 25.5 Å². The molecule has 9 nitrogen and oxygen atoms in total. The Labute approximate surface area is 160 Å². The number of nitrogens with two attached hydrogens (primary N) is 2. The molecule has 0 unspecified atom stereocenters. The van der Waals surface area contributed by atoms with Crippen LogP contribution in [-0.2, 0) is 20.8 Å². The fourth-order valence-electron chi connectivity index (χ4n) is 2.10. The molecule has 0 saturated heterocycles. The molecule has 2 aromatic rings. The minimum Gasteiger partial charge on any atom is -0.542 e. The number of hydrogen-bond donors (Lipinski definition) is 3. The van der Waals surface area contributed by atoms with Crippen LogP contribution < -0.4 is 21.6 Å². The van der Waals surface area contributed by atoms with Crippen LogP contribution in [0.3, 0.4) is 0 Å². The molecule has 0 aliphatic carbocycles. The number of rotatable bonds is 6. The average Bonchev–Trinajstić information content (AvgIpc) is 2.60. The molecule has 2 rings (SSSR count). The monoisotopic (exact) mass is 394 g/mol. The number of carbonyl (C=O) groups is 3. The summed E-state index contributed by atoms with van der Waals surface area (Å²) in [6, 6.07) is 7.48. The van der Waals surface area contributed by atoms with Gasteiger partial charge in [-0.25, -0.2) is 4.98 Å². The van der Waals surface area contributed by atoms with E-state index in [9.17, 15) is 19.5 Å². The van der Waals surface area contributed by atoms with Gasteiger partial charge in [0.25, 0.3) is 0 Å². The lowest BCUT2D eigenvalue weighted by Crippen LogP contribution is -2.31. The van der Waals surface area contributed by atoms with Gasteiger partial charge in [0, 0.05) is 11.4 Å². The van der Waals surface area contributed by atoms with Gasteiger partial charge in [0.15, 0.2) is 5.78 Å². The molecule has 6 N–H and O–H groups in total. The summed E-state index contributed by atoms with van der Waals surface area (Å²) in [7, 11) is 0. The lowest BCUT2D eigenvalue weighted by Gasteiger charge is -2.07. The number of H-pyrrole nitrogens is 1. The van der Waals surface area contributed by atoms with Crippen LogP contribution in [-0.4, -0.2) is 27.8 Å². The van der Waals surface area contributed by atoms with E-state index in [1.807, 2.05) is 31.2 Å². The average molecular weight is 395 g/mol. The van der Waals surface area contributed by atoms with Crippen molar-refractivity contribution in [1.82, 2.24) is 4.98 Å². The van der Waals surface area contributed by atoms with E-state index >= 15 is 0 Å². The number of carbonyl (C=O) groups excluding carboxylic acids is 2. The van der Waals surface area contributed by atoms with Crippen molar-refractivity contribution in [1.29, 1.82) is 0 Å². The van der Waals surface area contributed by atoms with Crippen molar-refractivity contribution in [2.75, 3.05) is 11.5 Å². The van der Waals surface area contributed by atoms with E-state index in [2.05, 4.69) is 9.97 Å². The third-order valence-corrected chi connectivity index (χ3v) is 3.59. The number of nitrogen functional groups attached to an aromatic ring is 2. The van der Waals surface area contributed by atoms with E-state index < -0.39 is 30.6 Å². The second kappa shape index (κ2) is 10.1. The lowest BCUT2D eigenvalue weighted by molar-refractivity contribution is -0.346. The predicted molar refractivity (Wildman–Crippen MR) is 96.3 cm³/mol. The molecule has 0 spiro atoms. The number of aromatic amines is 1. The smallest absolute Gasteiger partial charge is 0.342 e. The summed E-state index contributed by atoms with van der Waals surface area (Å²) >= 11 is 5.86. The minimum atomic E-state index is -1.83. The van der Waals surface area contributed by atoms with Gasteiger partial charge in [-0.2, -0.15) is 0 Å². The zero-order chi connectivity index (χ0) is 20.6. The second-order valence-electron chi connectivity index (χ2n) is 5.32. The minimum absolute atomic E-state index is 0.331. The van der Waals surface area contributed by atoms with Gasteiger partial charge in [0.1, 0.15) is 11.7 Å². The van der Waals surface area contributed by atoms with Gasteiger partial charge in [-0.15, -0.1) is 4.98 Å². The van der Waals surface area contributed by atoms with Crippen LogP contribution in [0.5, 0.6) is 0 Å². The number of ketones is 1. The second-order valence-corrected chi connectivity index (χ2v) is 5.76. The topological polar surface area (TPSA) is 174 Å². The standard InChI is InChI=1S/C12H13ClN4.C5H6O5/c1-2-9-10(11(14)17-12(15)16-9)7-3-5-8(13)6-4-7;6-3(5(9)10)1-2-4(7)8/h3-6H,2H2,1H3,(H4,14,15,16,17);1-2H2,(H,7,8)(H,9,10). The molecule has 27 heavy (non-hydrogen) atoms. The molecule has 0 radical (unpaired) electrons. The summed E-state index contributed by atoms with van der Waals surface area (Å²) < 4.78 is 0. The van der Waals surface area contributed by atoms with Crippen LogP contribution in [0.4, 0.5) is 11.8 Å². The number of anilines is 2. The molecule has 0 bridgehead atoms. The summed E-state index contributed by atoms with van der Waals surface area (Å²) in [5, 5.41) is 18.3. The van der Waals surface area contributed by atoms with Gasteiger partial charge in [0.2, 0.25) is 5.82 Å². The Morgan fingerprint density at radius 2 is 1.78 bits per heavy atom. The van der Waals surface area contributed by atoms with Crippen LogP contribution in [0.15, 0.2) is 24.3 Å². The maximum Gasteiger partial charge on any atom is 0.342 e. The number of hydrogen-bond acceptors (Lipinski definition) is 7. The molecular formula is C17H19ClN4O5. The zero-order valence-corrected chi connectivity index (χ0v) is 15.2. The van der Waals surface area contributed by atoms with Gasteiger partial charge < -0.3 is 26.5 Å². The Kier molecular flexibility index (Phi) is 8.15. The van der Waals surface area contributed by atoms with Crippen LogP contribution in [0.2, 0.25) is 5.02 Å². The number of aromatic nitrogens is 2. The molecule has 144 valence electrons. The van der Waals surface area contributed by atoms with Crippen molar-refractivity contribution >= 4 is 41.1 Å². The quantitative estimate of drug-likeness (QED) is 0.578. The van der Waals surface area contributed by atoms with Crippen molar-refractivity contribution in [3.05, 3.63) is 35.0 Å². The highest BCUT2D eigenvalue weighted by molar-refractivity contribution is 6.31. The summed E-state index contributed by atoms with van der Waals surface area (Å²) in [5.74, 6) is -3.35. The molecular weight excluding hydrogens is 376 g/mol. The Morgan fingerprint density at radius 3 is 2.26 bits per heavy atom. The van der Waals surface area contributed by atoms with Gasteiger partial charge in [-0.1, -0.05) is 30.7 Å². The fourth-order valence-corrected chi connectivity index (χ4v) is 2.23. The number of benzene rings is 1. The number of nitrogens with zero attached hydrogens (tertiary/aromatic N) is 1. The highest BCUT2D eigenvalue weighted by Crippen LogP contribution is 2.27. The molecule has 1 heterocycles. The van der Waals surface area contributed by atoms with Gasteiger partial charge >= 0.3 is 11.9 Å². The number of aryl methyl sites for hydroxylation is 1. The summed E-state index contributed by atoms with van der Waals surface area (Å²) in [6.07, 6.45) is -0.203. The first-order chi connectivity index (χ1) is 12.6. The SMILES string of the molecule is CCc1nc(N)[nH+]c(N)c1-c1ccc(Cl)cc1.O=C(O)CCC(=O)C(=O)[O-]. The number of carboxylic acids is 2. The third-order valence-electron chi connectivity index (χ3n) is 3.34. The number of halogens is 1. The van der Waals surface area contributed by atoms with E-state index in [0.717, 1.165) is 23.2 Å². The van der Waals surface area contributed by atoms with E-state index in [1.54, 1.807) is 0 Å². The third kappa shape index (κ3) is 6.90. The number of nitrogens with one attached hydrogen (secondary N) is 1. The first-order valence-corrected chi connectivity index (χ1v) is 8.22. The highest BCUT2D eigenvalue weighted by atomic mass is 35.5. The largest absolute Gasteiger partial charge is 0.542 e. The van der Waals surface area contributed by atoms with Gasteiger partial charge in [-0.3, -0.25) is 9.59 Å². The Balaban J connectivity index is 0.000000314. The highest BCUT2D eigenvalue weighted by Gasteiger charge is 2.15. The lowest BCUT2D eigenvalue weighted by atomic mass is 10.0. The molecule has 1 aromatic carbocycles. The number of Topliss-reactive ketones (excluding diaryl/α,β-unsaturated/α-hetero) is 1. The van der Waals surface area contributed by atoms with Crippen LogP contribution >= 0.6 is 11.6 Å². The molecule has 10 heteroatoms. The normalized spacial score (nSPS) is 9.85. The molecule has 0 aliphatic heterocycles. The summed E-state index contributed by atoms with van der Waals surface area (Å²) in [5.41, 5.74) is 14.3. The maximum atomic E-state index is 10.1. The molecule has 0 atom stereocenters. The molecule has 0 amide bonds. The van der Waals surface area contributed by atoms with E-state index in [0.29, 0.717) is 16.8 Å². The molecule has 0 aliphatic rings. The number of carboxylic acid groups (broad SMARTS) is 2.